The molecule has 1 aromatic heterocycles. The second kappa shape index (κ2) is 7.74. The third kappa shape index (κ3) is 3.63. The number of hydrogen-bond acceptors (Lipinski definition) is 5. The first-order chi connectivity index (χ1) is 13.6. The molecule has 0 radical (unpaired) electrons. The van der Waals surface area contributed by atoms with Gasteiger partial charge in [-0.05, 0) is 45.1 Å². The van der Waals surface area contributed by atoms with Crippen LogP contribution in [0.25, 0.3) is 10.9 Å². The average Bonchev–Trinajstić information content (AvgIpc) is 3.36. The van der Waals surface area contributed by atoms with E-state index in [1.54, 1.807) is 4.57 Å². The molecule has 0 bridgehead atoms. The van der Waals surface area contributed by atoms with Crippen molar-refractivity contribution in [3.05, 3.63) is 33.9 Å². The summed E-state index contributed by atoms with van der Waals surface area (Å²) < 4.78 is 22.6. The molecule has 1 saturated heterocycles. The summed E-state index contributed by atoms with van der Waals surface area (Å²) in [6.45, 7) is 5.15. The highest BCUT2D eigenvalue weighted by Crippen LogP contribution is 2.45. The van der Waals surface area contributed by atoms with E-state index in [1.807, 2.05) is 18.7 Å². The van der Waals surface area contributed by atoms with E-state index < -0.39 is 17.2 Å². The van der Waals surface area contributed by atoms with Gasteiger partial charge in [-0.25, -0.2) is 9.18 Å². The van der Waals surface area contributed by atoms with Crippen molar-refractivity contribution in [1.29, 1.82) is 0 Å². The molecule has 4 rings (SSSR count). The molecule has 30 heavy (non-hydrogen) atoms. The van der Waals surface area contributed by atoms with Crippen molar-refractivity contribution in [3.63, 3.8) is 0 Å². The molecule has 2 heterocycles. The smallest absolute Gasteiger partial charge is 0.341 e. The Hall–Kier alpha value is -2.32. The van der Waals surface area contributed by atoms with Crippen molar-refractivity contribution in [3.8, 4) is 5.75 Å². The van der Waals surface area contributed by atoms with Gasteiger partial charge in [0.15, 0.2) is 11.6 Å². The van der Waals surface area contributed by atoms with Crippen LogP contribution in [0.2, 0.25) is 0 Å². The van der Waals surface area contributed by atoms with Gasteiger partial charge in [-0.15, -0.1) is 12.4 Å². The maximum atomic E-state index is 15.3. The summed E-state index contributed by atoms with van der Waals surface area (Å²) in [5.41, 5.74) is 5.59. The monoisotopic (exact) mass is 439 g/mol. The zero-order valence-electron chi connectivity index (χ0n) is 17.3. The van der Waals surface area contributed by atoms with E-state index in [2.05, 4.69) is 0 Å². The molecule has 1 aromatic carbocycles. The minimum atomic E-state index is -1.32. The number of benzene rings is 1. The van der Waals surface area contributed by atoms with Crippen LogP contribution in [0.15, 0.2) is 17.1 Å². The Morgan fingerprint density at radius 2 is 2.00 bits per heavy atom. The van der Waals surface area contributed by atoms with E-state index in [-0.39, 0.29) is 46.6 Å². The van der Waals surface area contributed by atoms with Crippen LogP contribution < -0.4 is 20.8 Å². The standard InChI is InChI=1S/C21H26FN3O4.ClH/c1-21(2,23)11-6-7-24(9-11)17-15(22)8-13-16(19(17)29-3)25(12-4-5-12)10-14(18(13)26)20(27)28;/h8,10-12H,4-7,9,23H2,1-3H3,(H,27,28);1H/t11-;/m0./s1. The number of fused-ring (bicyclic) bond motifs is 1. The number of carboxylic acid groups (broad SMARTS) is 1. The Morgan fingerprint density at radius 1 is 1.33 bits per heavy atom. The molecule has 7 nitrogen and oxygen atoms in total. The van der Waals surface area contributed by atoms with Gasteiger partial charge in [-0.2, -0.15) is 0 Å². The summed E-state index contributed by atoms with van der Waals surface area (Å²) in [5.74, 6) is -1.44. The highest BCUT2D eigenvalue weighted by Gasteiger charge is 2.36. The SMILES string of the molecule is COc1c(N2CC[C@H](C(C)(C)N)C2)c(F)cc2c(=O)c(C(=O)O)cn(C3CC3)c12.Cl. The number of carboxylic acids is 1. The van der Waals surface area contributed by atoms with Gasteiger partial charge >= 0.3 is 5.97 Å². The first kappa shape index (κ1) is 22.4. The zero-order valence-corrected chi connectivity index (χ0v) is 18.1. The van der Waals surface area contributed by atoms with E-state index in [0.717, 1.165) is 25.3 Å². The largest absolute Gasteiger partial charge is 0.492 e. The van der Waals surface area contributed by atoms with Crippen molar-refractivity contribution >= 4 is 35.0 Å². The van der Waals surface area contributed by atoms with Gasteiger partial charge in [0.05, 0.1) is 18.0 Å². The first-order valence-corrected chi connectivity index (χ1v) is 9.86. The first-order valence-electron chi connectivity index (χ1n) is 9.86. The van der Waals surface area contributed by atoms with Gasteiger partial charge < -0.3 is 25.0 Å². The number of nitrogens with zero attached hydrogens (tertiary/aromatic N) is 2. The number of anilines is 1. The summed E-state index contributed by atoms with van der Waals surface area (Å²) in [7, 11) is 1.45. The Balaban J connectivity index is 0.00000256. The molecule has 9 heteroatoms. The summed E-state index contributed by atoms with van der Waals surface area (Å²) in [6.07, 6.45) is 3.95. The number of methoxy groups -OCH3 is 1. The fourth-order valence-corrected chi connectivity index (χ4v) is 4.29. The van der Waals surface area contributed by atoms with E-state index >= 15 is 4.39 Å². The molecular formula is C21H27ClFN3O4. The van der Waals surface area contributed by atoms with E-state index in [0.29, 0.717) is 24.3 Å². The van der Waals surface area contributed by atoms with Gasteiger partial charge in [0, 0.05) is 30.9 Å². The fraction of sp³-hybridized carbons (Fsp3) is 0.524. The number of aromatic carboxylic acids is 1. The van der Waals surface area contributed by atoms with E-state index in [4.69, 9.17) is 10.5 Å². The number of pyridine rings is 1. The van der Waals surface area contributed by atoms with Crippen LogP contribution in [0.4, 0.5) is 10.1 Å². The molecule has 0 amide bonds. The maximum absolute atomic E-state index is 15.3. The lowest BCUT2D eigenvalue weighted by molar-refractivity contribution is 0.0695. The minimum absolute atomic E-state index is 0. The Labute approximate surface area is 180 Å². The van der Waals surface area contributed by atoms with Gasteiger partial charge in [-0.3, -0.25) is 4.79 Å². The molecule has 1 aliphatic heterocycles. The molecule has 1 aliphatic carbocycles. The average molecular weight is 440 g/mol. The van der Waals surface area contributed by atoms with Crippen molar-refractivity contribution < 1.29 is 19.0 Å². The van der Waals surface area contributed by atoms with Crippen LogP contribution in [0, 0.1) is 11.7 Å². The Morgan fingerprint density at radius 3 is 2.50 bits per heavy atom. The molecule has 0 spiro atoms. The van der Waals surface area contributed by atoms with Gasteiger partial charge in [0.2, 0.25) is 5.43 Å². The lowest BCUT2D eigenvalue weighted by Gasteiger charge is -2.28. The Bertz CT molecular complexity index is 1060. The lowest BCUT2D eigenvalue weighted by atomic mass is 9.88. The molecule has 1 saturated carbocycles. The van der Waals surface area contributed by atoms with Gasteiger partial charge in [0.25, 0.3) is 0 Å². The molecule has 1 atom stereocenters. The minimum Gasteiger partial charge on any atom is -0.492 e. The summed E-state index contributed by atoms with van der Waals surface area (Å²) in [5, 5.41) is 9.45. The number of ether oxygens (including phenoxy) is 1. The van der Waals surface area contributed by atoms with Crippen LogP contribution in [-0.4, -0.2) is 41.4 Å². The Kier molecular flexibility index (Phi) is 5.77. The molecule has 0 unspecified atom stereocenters. The summed E-state index contributed by atoms with van der Waals surface area (Å²) in [6, 6.07) is 1.24. The number of carbonyl (C=O) groups is 1. The normalized spacial score (nSPS) is 19.1. The second-order valence-electron chi connectivity index (χ2n) is 8.70. The topological polar surface area (TPSA) is 97.8 Å². The highest BCUT2D eigenvalue weighted by atomic mass is 35.5. The van der Waals surface area contributed by atoms with Crippen LogP contribution in [0.5, 0.6) is 5.75 Å². The molecule has 2 aliphatic rings. The predicted molar refractivity (Wildman–Crippen MR) is 116 cm³/mol. The second-order valence-corrected chi connectivity index (χ2v) is 8.70. The van der Waals surface area contributed by atoms with Crippen LogP contribution >= 0.6 is 12.4 Å². The van der Waals surface area contributed by atoms with Gasteiger partial charge in [0.1, 0.15) is 11.3 Å². The third-order valence-corrected chi connectivity index (χ3v) is 6.13. The number of nitrogens with two attached hydrogens (primary N) is 1. The van der Waals surface area contributed by atoms with Gasteiger partial charge in [-0.1, -0.05) is 0 Å². The van der Waals surface area contributed by atoms with Crippen molar-refractivity contribution in [2.45, 2.75) is 44.7 Å². The summed E-state index contributed by atoms with van der Waals surface area (Å²) >= 11 is 0. The lowest BCUT2D eigenvalue weighted by Crippen LogP contribution is -2.42. The maximum Gasteiger partial charge on any atom is 0.341 e. The predicted octanol–water partition coefficient (Wildman–Crippen LogP) is 3.17. The zero-order chi connectivity index (χ0) is 21.1. The van der Waals surface area contributed by atoms with E-state index in [1.165, 1.54) is 13.3 Å². The quantitative estimate of drug-likeness (QED) is 0.742. The fourth-order valence-electron chi connectivity index (χ4n) is 4.29. The number of aromatic nitrogens is 1. The van der Waals surface area contributed by atoms with Crippen molar-refractivity contribution in [2.24, 2.45) is 11.7 Å². The third-order valence-electron chi connectivity index (χ3n) is 6.13. The van der Waals surface area contributed by atoms with E-state index in [9.17, 15) is 14.7 Å². The van der Waals surface area contributed by atoms with Crippen LogP contribution in [0.1, 0.15) is 49.5 Å². The molecular weight excluding hydrogens is 413 g/mol. The van der Waals surface area contributed by atoms with Crippen LogP contribution in [-0.2, 0) is 0 Å². The molecule has 2 fully saturated rings. The number of halogens is 2. The molecule has 2 aromatic rings. The number of rotatable bonds is 5. The molecule has 164 valence electrons. The molecule has 3 N–H and O–H groups in total. The van der Waals surface area contributed by atoms with Crippen molar-refractivity contribution in [1.82, 2.24) is 4.57 Å². The summed E-state index contributed by atoms with van der Waals surface area (Å²) in [4.78, 5) is 26.2. The highest BCUT2D eigenvalue weighted by molar-refractivity contribution is 5.97. The number of hydrogen-bond donors (Lipinski definition) is 2. The van der Waals surface area contributed by atoms with Crippen molar-refractivity contribution in [2.75, 3.05) is 25.1 Å². The van der Waals surface area contributed by atoms with Crippen LogP contribution in [0.3, 0.4) is 0 Å².